The molecule has 1 heterocycles. The summed E-state index contributed by atoms with van der Waals surface area (Å²) in [4.78, 5) is 7.15. The number of nitrogens with one attached hydrogen (secondary N) is 1. The zero-order valence-corrected chi connectivity index (χ0v) is 42.5. The Labute approximate surface area is 439 Å². The highest BCUT2D eigenvalue weighted by molar-refractivity contribution is 6.23. The normalized spacial score (nSPS) is 13.1. The van der Waals surface area contributed by atoms with Gasteiger partial charge in [-0.1, -0.05) is 178 Å². The van der Waals surface area contributed by atoms with Crippen LogP contribution < -0.4 is 20.0 Å². The van der Waals surface area contributed by atoms with Crippen LogP contribution in [0.25, 0.3) is 76.8 Å². The molecule has 0 saturated heterocycles. The summed E-state index contributed by atoms with van der Waals surface area (Å²) in [5.74, 6) is 0. The van der Waals surface area contributed by atoms with Gasteiger partial charge in [0.1, 0.15) is 0 Å². The van der Waals surface area contributed by atoms with Gasteiger partial charge in [-0.25, -0.2) is 0 Å². The van der Waals surface area contributed by atoms with Gasteiger partial charge in [0.05, 0.1) is 34.1 Å². The van der Waals surface area contributed by atoms with Crippen LogP contribution in [0.2, 0.25) is 0 Å². The SMILES string of the molecule is CNc1ccccc1N(c1ccccc1)c1ccc2c(-c3ccc(-c4ccc5c(c4)-c4ccccc4C5(C)C)cc3)c3cc(N4c5ccccc5N(C)c5ccccc54)ccc3c(-c3ccc4ccccc4c3)c2c1. The van der Waals surface area contributed by atoms with E-state index in [-0.39, 0.29) is 5.41 Å². The Morgan fingerprint density at radius 1 is 0.387 bits per heavy atom. The first-order valence-electron chi connectivity index (χ1n) is 26.1. The average molecular weight is 963 g/mol. The third-order valence-corrected chi connectivity index (χ3v) is 16.1. The van der Waals surface area contributed by atoms with E-state index in [0.717, 1.165) is 56.7 Å². The van der Waals surface area contributed by atoms with E-state index in [1.165, 1.54) is 82.4 Å². The van der Waals surface area contributed by atoms with Crippen LogP contribution >= 0.6 is 0 Å². The van der Waals surface area contributed by atoms with Crippen LogP contribution in [0.4, 0.5) is 51.2 Å². The molecule has 1 N–H and O–H groups in total. The Bertz CT molecular complexity index is 4180. The minimum Gasteiger partial charge on any atom is -0.386 e. The van der Waals surface area contributed by atoms with Crippen LogP contribution in [-0.4, -0.2) is 14.1 Å². The van der Waals surface area contributed by atoms with Crippen molar-refractivity contribution >= 4 is 83.5 Å². The summed E-state index contributed by atoms with van der Waals surface area (Å²) in [6, 6.07) is 92.2. The molecule has 0 amide bonds. The lowest BCUT2D eigenvalue weighted by Gasteiger charge is -2.38. The predicted octanol–water partition coefficient (Wildman–Crippen LogP) is 19.5. The van der Waals surface area contributed by atoms with Crippen LogP contribution in [0.1, 0.15) is 25.0 Å². The molecule has 0 fully saturated rings. The number of anilines is 9. The smallest absolute Gasteiger partial charge is 0.0699 e. The number of nitrogens with zero attached hydrogens (tertiary/aromatic N) is 3. The summed E-state index contributed by atoms with van der Waals surface area (Å²) in [6.07, 6.45) is 0. The van der Waals surface area contributed by atoms with Crippen molar-refractivity contribution in [3.63, 3.8) is 0 Å². The largest absolute Gasteiger partial charge is 0.386 e. The first-order valence-corrected chi connectivity index (χ1v) is 26.1. The highest BCUT2D eigenvalue weighted by Gasteiger charge is 2.35. The number of para-hydroxylation sites is 7. The van der Waals surface area contributed by atoms with E-state index in [4.69, 9.17) is 0 Å². The van der Waals surface area contributed by atoms with Gasteiger partial charge >= 0.3 is 0 Å². The zero-order valence-electron chi connectivity index (χ0n) is 42.5. The second kappa shape index (κ2) is 17.4. The van der Waals surface area contributed by atoms with Crippen molar-refractivity contribution in [2.45, 2.75) is 19.3 Å². The number of hydrogen-bond donors (Lipinski definition) is 1. The molecule has 0 aromatic heterocycles. The molecule has 4 nitrogen and oxygen atoms in total. The third-order valence-electron chi connectivity index (χ3n) is 16.1. The van der Waals surface area contributed by atoms with E-state index < -0.39 is 0 Å². The highest BCUT2D eigenvalue weighted by Crippen LogP contribution is 2.54. The maximum Gasteiger partial charge on any atom is 0.0699 e. The van der Waals surface area contributed by atoms with E-state index in [2.05, 4.69) is 290 Å². The minimum absolute atomic E-state index is 0.0448. The molecule has 0 spiro atoms. The van der Waals surface area contributed by atoms with Gasteiger partial charge in [-0.15, -0.1) is 0 Å². The van der Waals surface area contributed by atoms with Crippen molar-refractivity contribution in [3.05, 3.63) is 260 Å². The predicted molar refractivity (Wildman–Crippen MR) is 320 cm³/mol. The summed E-state index contributed by atoms with van der Waals surface area (Å²) in [6.45, 7) is 4.70. The first kappa shape index (κ1) is 44.3. The summed E-state index contributed by atoms with van der Waals surface area (Å²) in [5.41, 5.74) is 22.6. The Hall–Kier alpha value is -9.38. The molecule has 1 aliphatic carbocycles. The van der Waals surface area contributed by atoms with Crippen molar-refractivity contribution in [1.82, 2.24) is 0 Å². The van der Waals surface area contributed by atoms with Gasteiger partial charge in [-0.05, 0) is 173 Å². The molecule has 358 valence electrons. The molecule has 0 saturated carbocycles. The maximum absolute atomic E-state index is 3.50. The molecule has 75 heavy (non-hydrogen) atoms. The number of benzene rings is 12. The Morgan fingerprint density at radius 2 is 0.960 bits per heavy atom. The lowest BCUT2D eigenvalue weighted by Crippen LogP contribution is -2.23. The molecule has 0 unspecified atom stereocenters. The van der Waals surface area contributed by atoms with Crippen LogP contribution in [0.15, 0.2) is 249 Å². The monoisotopic (exact) mass is 962 g/mol. The van der Waals surface area contributed by atoms with Crippen LogP contribution in [0, 0.1) is 0 Å². The van der Waals surface area contributed by atoms with Gasteiger partial charge in [-0.2, -0.15) is 0 Å². The van der Waals surface area contributed by atoms with Gasteiger partial charge in [-0.3, -0.25) is 0 Å². The van der Waals surface area contributed by atoms with E-state index in [0.29, 0.717) is 0 Å². The molecule has 12 aromatic carbocycles. The quantitative estimate of drug-likeness (QED) is 0.153. The summed E-state index contributed by atoms with van der Waals surface area (Å²) in [5, 5.41) is 10.7. The molecule has 2 aliphatic rings. The van der Waals surface area contributed by atoms with E-state index in [1.54, 1.807) is 0 Å². The molecular weight excluding hydrogens is 909 g/mol. The van der Waals surface area contributed by atoms with Crippen molar-refractivity contribution in [2.24, 2.45) is 0 Å². The van der Waals surface area contributed by atoms with Gasteiger partial charge < -0.3 is 20.0 Å². The molecule has 0 atom stereocenters. The fraction of sp³-hybridized carbons (Fsp3) is 0.0704. The van der Waals surface area contributed by atoms with Crippen molar-refractivity contribution in [2.75, 3.05) is 34.1 Å². The van der Waals surface area contributed by atoms with Crippen LogP contribution in [-0.2, 0) is 5.41 Å². The fourth-order valence-electron chi connectivity index (χ4n) is 12.5. The number of hydrogen-bond acceptors (Lipinski definition) is 4. The maximum atomic E-state index is 3.50. The lowest BCUT2D eigenvalue weighted by molar-refractivity contribution is 0.660. The van der Waals surface area contributed by atoms with Crippen molar-refractivity contribution in [3.8, 4) is 44.5 Å². The fourth-order valence-corrected chi connectivity index (χ4v) is 12.5. The molecule has 0 radical (unpaired) electrons. The zero-order chi connectivity index (χ0) is 50.4. The topological polar surface area (TPSA) is 21.8 Å². The molecular formula is C71H54N4. The van der Waals surface area contributed by atoms with Crippen LogP contribution in [0.5, 0.6) is 0 Å². The Morgan fingerprint density at radius 3 is 1.72 bits per heavy atom. The second-order valence-electron chi connectivity index (χ2n) is 20.6. The second-order valence-corrected chi connectivity index (χ2v) is 20.6. The highest BCUT2D eigenvalue weighted by atomic mass is 15.3. The standard InChI is InChI=1S/C71H54N4/c1-71(2)61-23-11-10-22-55(61)58-43-50(36-41-62(58)71)47-30-33-48(34-31-47)69-56-39-37-53(74(52-20-6-5-7-21-52)64-25-13-12-24-63(64)72-3)44-60(56)70(51-35-32-46-18-8-9-19-49(46)42-51)57-40-38-54(45-59(57)69)75-67-28-16-14-26-65(67)73(4)66-27-15-17-29-68(66)75/h5-45,72H,1-4H3. The summed E-state index contributed by atoms with van der Waals surface area (Å²) in [7, 11) is 4.17. The number of rotatable bonds is 8. The van der Waals surface area contributed by atoms with Crippen molar-refractivity contribution in [1.29, 1.82) is 0 Å². The Balaban J connectivity index is 1.04. The van der Waals surface area contributed by atoms with E-state index in [1.807, 2.05) is 7.05 Å². The molecule has 4 heteroatoms. The van der Waals surface area contributed by atoms with Gasteiger partial charge in [0, 0.05) is 36.6 Å². The van der Waals surface area contributed by atoms with Crippen LogP contribution in [0.3, 0.4) is 0 Å². The summed E-state index contributed by atoms with van der Waals surface area (Å²) >= 11 is 0. The molecule has 12 aromatic rings. The van der Waals surface area contributed by atoms with Gasteiger partial charge in [0.2, 0.25) is 0 Å². The van der Waals surface area contributed by atoms with Gasteiger partial charge in [0.25, 0.3) is 0 Å². The molecule has 0 bridgehead atoms. The minimum atomic E-state index is -0.0448. The third kappa shape index (κ3) is 7.05. The Kier molecular flexibility index (Phi) is 10.3. The first-order chi connectivity index (χ1) is 36.8. The van der Waals surface area contributed by atoms with Crippen molar-refractivity contribution < 1.29 is 0 Å². The van der Waals surface area contributed by atoms with E-state index in [9.17, 15) is 0 Å². The summed E-state index contributed by atoms with van der Waals surface area (Å²) < 4.78 is 0. The lowest BCUT2D eigenvalue weighted by atomic mass is 9.82. The number of fused-ring (bicyclic) bond motifs is 8. The van der Waals surface area contributed by atoms with E-state index >= 15 is 0 Å². The molecule has 14 rings (SSSR count). The molecule has 1 aliphatic heterocycles. The average Bonchev–Trinajstić information content (AvgIpc) is 3.71. The van der Waals surface area contributed by atoms with Gasteiger partial charge in [0.15, 0.2) is 0 Å².